The average molecular weight is 307 g/mol. The Bertz CT molecular complexity index is 788. The largest absolute Gasteiger partial charge is 0.288 e. The second-order valence-electron chi connectivity index (χ2n) is 6.19. The molecule has 0 radical (unpaired) electrons. The van der Waals surface area contributed by atoms with Crippen LogP contribution in [0.15, 0.2) is 10.9 Å². The first-order valence-electron chi connectivity index (χ1n) is 7.53. The normalized spacial score (nSPS) is 18.8. The average Bonchev–Trinajstić information content (AvgIpc) is 2.44. The highest BCUT2D eigenvalue weighted by atomic mass is 19.3. The summed E-state index contributed by atoms with van der Waals surface area (Å²) in [5.74, 6) is -2.61. The minimum absolute atomic E-state index is 0.153. The van der Waals surface area contributed by atoms with Gasteiger partial charge in [-0.2, -0.15) is 0 Å². The van der Waals surface area contributed by atoms with E-state index in [1.54, 1.807) is 17.6 Å². The maximum absolute atomic E-state index is 13.4. The van der Waals surface area contributed by atoms with E-state index in [0.29, 0.717) is 29.6 Å². The molecule has 0 aromatic carbocycles. The summed E-state index contributed by atoms with van der Waals surface area (Å²) in [5.41, 5.74) is 3.15. The fourth-order valence-electron chi connectivity index (χ4n) is 3.06. The van der Waals surface area contributed by atoms with Crippen molar-refractivity contribution in [2.24, 2.45) is 0 Å². The standard InChI is InChI=1S/C16H19F2N3O/c1-9-8-13-14(20-11(3)10(2)19-13)21(15(9)22)12-4-6-16(17,18)7-5-12/h8,12H,4-7H2,1-3H3. The Labute approximate surface area is 127 Å². The zero-order chi connectivity index (χ0) is 16.1. The Kier molecular flexibility index (Phi) is 3.50. The molecule has 22 heavy (non-hydrogen) atoms. The molecule has 2 aromatic rings. The van der Waals surface area contributed by atoms with Gasteiger partial charge in [0.15, 0.2) is 5.65 Å². The Balaban J connectivity index is 2.18. The summed E-state index contributed by atoms with van der Waals surface area (Å²) in [7, 11) is 0. The molecule has 1 fully saturated rings. The van der Waals surface area contributed by atoms with Crippen molar-refractivity contribution in [2.75, 3.05) is 0 Å². The minimum Gasteiger partial charge on any atom is -0.288 e. The summed E-state index contributed by atoms with van der Waals surface area (Å²) in [6.45, 7) is 5.44. The van der Waals surface area contributed by atoms with Crippen LogP contribution < -0.4 is 5.56 Å². The lowest BCUT2D eigenvalue weighted by Gasteiger charge is -2.30. The summed E-state index contributed by atoms with van der Waals surface area (Å²) in [5, 5.41) is 0. The third-order valence-electron chi connectivity index (χ3n) is 4.50. The fourth-order valence-corrected chi connectivity index (χ4v) is 3.06. The van der Waals surface area contributed by atoms with Crippen molar-refractivity contribution in [1.29, 1.82) is 0 Å². The molecule has 0 aliphatic heterocycles. The molecule has 0 amide bonds. The molecule has 2 heterocycles. The van der Waals surface area contributed by atoms with Gasteiger partial charge in [-0.15, -0.1) is 0 Å². The molecule has 0 unspecified atom stereocenters. The van der Waals surface area contributed by atoms with Gasteiger partial charge in [0.2, 0.25) is 5.92 Å². The predicted octanol–water partition coefficient (Wildman–Crippen LogP) is 3.47. The summed E-state index contributed by atoms with van der Waals surface area (Å²) >= 11 is 0. The number of aromatic nitrogens is 3. The lowest BCUT2D eigenvalue weighted by molar-refractivity contribution is -0.0439. The lowest BCUT2D eigenvalue weighted by Crippen LogP contribution is -2.33. The summed E-state index contributed by atoms with van der Waals surface area (Å²) in [6.07, 6.45) is 0.218. The van der Waals surface area contributed by atoms with Crippen LogP contribution in [0.4, 0.5) is 8.78 Å². The number of fused-ring (bicyclic) bond motifs is 1. The number of hydrogen-bond donors (Lipinski definition) is 0. The Morgan fingerprint density at radius 2 is 1.73 bits per heavy atom. The van der Waals surface area contributed by atoms with Crippen LogP contribution in [0.3, 0.4) is 0 Å². The van der Waals surface area contributed by atoms with Crippen molar-refractivity contribution in [1.82, 2.24) is 14.5 Å². The number of pyridine rings is 1. The van der Waals surface area contributed by atoms with Gasteiger partial charge >= 0.3 is 0 Å². The van der Waals surface area contributed by atoms with E-state index in [1.807, 2.05) is 13.8 Å². The highest BCUT2D eigenvalue weighted by molar-refractivity contribution is 5.71. The summed E-state index contributed by atoms with van der Waals surface area (Å²) < 4.78 is 28.4. The fraction of sp³-hybridized carbons (Fsp3) is 0.562. The van der Waals surface area contributed by atoms with Gasteiger partial charge in [-0.25, -0.2) is 18.7 Å². The van der Waals surface area contributed by atoms with Crippen molar-refractivity contribution >= 4 is 11.2 Å². The number of nitrogens with zero attached hydrogens (tertiary/aromatic N) is 3. The van der Waals surface area contributed by atoms with E-state index in [2.05, 4.69) is 9.97 Å². The van der Waals surface area contributed by atoms with Gasteiger partial charge in [0.05, 0.1) is 11.4 Å². The van der Waals surface area contributed by atoms with Crippen LogP contribution >= 0.6 is 0 Å². The molecule has 1 saturated carbocycles. The van der Waals surface area contributed by atoms with Gasteiger partial charge in [0, 0.05) is 24.4 Å². The number of hydrogen-bond acceptors (Lipinski definition) is 3. The molecule has 118 valence electrons. The molecule has 0 bridgehead atoms. The van der Waals surface area contributed by atoms with Crippen LogP contribution in [0.5, 0.6) is 0 Å². The van der Waals surface area contributed by atoms with Crippen LogP contribution in [-0.2, 0) is 0 Å². The Hall–Kier alpha value is -1.85. The van der Waals surface area contributed by atoms with Crippen LogP contribution in [0.2, 0.25) is 0 Å². The first-order valence-corrected chi connectivity index (χ1v) is 7.53. The summed E-state index contributed by atoms with van der Waals surface area (Å²) in [6, 6.07) is 1.50. The molecular formula is C16H19F2N3O. The Morgan fingerprint density at radius 1 is 1.14 bits per heavy atom. The van der Waals surface area contributed by atoms with Crippen LogP contribution in [0.1, 0.15) is 48.7 Å². The van der Waals surface area contributed by atoms with E-state index in [-0.39, 0.29) is 24.4 Å². The smallest absolute Gasteiger partial charge is 0.255 e. The van der Waals surface area contributed by atoms with Crippen molar-refractivity contribution in [2.45, 2.75) is 58.4 Å². The molecule has 0 N–H and O–H groups in total. The third kappa shape index (κ3) is 2.51. The van der Waals surface area contributed by atoms with Crippen molar-refractivity contribution in [3.8, 4) is 0 Å². The first-order chi connectivity index (χ1) is 10.3. The van der Waals surface area contributed by atoms with E-state index in [1.165, 1.54) is 0 Å². The van der Waals surface area contributed by atoms with Crippen LogP contribution in [-0.4, -0.2) is 20.5 Å². The topological polar surface area (TPSA) is 47.8 Å². The molecule has 0 atom stereocenters. The van der Waals surface area contributed by atoms with E-state index in [4.69, 9.17) is 0 Å². The lowest BCUT2D eigenvalue weighted by atomic mass is 9.92. The molecule has 0 saturated heterocycles. The van der Waals surface area contributed by atoms with Gasteiger partial charge in [0.1, 0.15) is 5.52 Å². The van der Waals surface area contributed by atoms with E-state index in [9.17, 15) is 13.6 Å². The van der Waals surface area contributed by atoms with Crippen molar-refractivity contribution in [3.63, 3.8) is 0 Å². The van der Waals surface area contributed by atoms with Gasteiger partial charge in [-0.3, -0.25) is 9.36 Å². The quantitative estimate of drug-likeness (QED) is 0.810. The van der Waals surface area contributed by atoms with Gasteiger partial charge < -0.3 is 0 Å². The molecule has 6 heteroatoms. The highest BCUT2D eigenvalue weighted by Gasteiger charge is 2.36. The van der Waals surface area contributed by atoms with Crippen LogP contribution in [0, 0.1) is 20.8 Å². The van der Waals surface area contributed by atoms with Gasteiger partial charge in [-0.1, -0.05) is 0 Å². The maximum atomic E-state index is 13.4. The second kappa shape index (κ2) is 5.11. The first kappa shape index (κ1) is 15.1. The zero-order valence-corrected chi connectivity index (χ0v) is 13.0. The molecular weight excluding hydrogens is 288 g/mol. The molecule has 1 aliphatic carbocycles. The van der Waals surface area contributed by atoms with Crippen LogP contribution in [0.25, 0.3) is 11.2 Å². The highest BCUT2D eigenvalue weighted by Crippen LogP contribution is 2.38. The third-order valence-corrected chi connectivity index (χ3v) is 4.50. The second-order valence-corrected chi connectivity index (χ2v) is 6.19. The van der Waals surface area contributed by atoms with E-state index in [0.717, 1.165) is 11.4 Å². The zero-order valence-electron chi connectivity index (χ0n) is 13.0. The number of aryl methyl sites for hydroxylation is 3. The van der Waals surface area contributed by atoms with Gasteiger partial charge in [0.25, 0.3) is 5.56 Å². The molecule has 1 aliphatic rings. The SMILES string of the molecule is Cc1nc2cc(C)c(=O)n(C3CCC(F)(F)CC3)c2nc1C. The number of rotatable bonds is 1. The van der Waals surface area contributed by atoms with E-state index < -0.39 is 5.92 Å². The van der Waals surface area contributed by atoms with Crippen molar-refractivity contribution < 1.29 is 8.78 Å². The molecule has 2 aromatic heterocycles. The molecule has 0 spiro atoms. The van der Waals surface area contributed by atoms with E-state index >= 15 is 0 Å². The Morgan fingerprint density at radius 3 is 2.36 bits per heavy atom. The monoisotopic (exact) mass is 307 g/mol. The number of halogens is 2. The van der Waals surface area contributed by atoms with Gasteiger partial charge in [-0.05, 0) is 39.7 Å². The van der Waals surface area contributed by atoms with Crippen molar-refractivity contribution in [3.05, 3.63) is 33.4 Å². The summed E-state index contributed by atoms with van der Waals surface area (Å²) in [4.78, 5) is 21.5. The number of alkyl halides is 2. The minimum atomic E-state index is -2.61. The molecule has 3 rings (SSSR count). The predicted molar refractivity (Wildman–Crippen MR) is 80.5 cm³/mol. The maximum Gasteiger partial charge on any atom is 0.255 e. The molecule has 4 nitrogen and oxygen atoms in total.